The molecule has 0 fully saturated rings. The molecule has 0 spiro atoms. The molecule has 5 nitrogen and oxygen atoms in total. The number of hydrogen-bond donors (Lipinski definition) is 1. The van der Waals surface area contributed by atoms with Crippen LogP contribution in [0.15, 0.2) is 65.2 Å². The predicted octanol–water partition coefficient (Wildman–Crippen LogP) is 5.24. The van der Waals surface area contributed by atoms with Crippen molar-refractivity contribution in [2.45, 2.75) is 20.4 Å². The van der Waals surface area contributed by atoms with Crippen LogP contribution in [0.4, 0.5) is 6.01 Å². The van der Waals surface area contributed by atoms with Gasteiger partial charge in [0.25, 0.3) is 6.01 Å². The first-order valence-electron chi connectivity index (χ1n) is 8.47. The van der Waals surface area contributed by atoms with Gasteiger partial charge < -0.3 is 14.5 Å². The van der Waals surface area contributed by atoms with Gasteiger partial charge in [-0.05, 0) is 60.9 Å². The standard InChI is InChI=1S/C21H19N3O2/c1-14-7-8-17(11-15(14)2)25-20-12-16(9-10-22-20)13-23-21-24-18-5-3-4-6-19(18)26-21/h3-12H,13H2,1-2H3,(H,23,24). The van der Waals surface area contributed by atoms with Crippen LogP contribution in [0.25, 0.3) is 11.1 Å². The highest BCUT2D eigenvalue weighted by Gasteiger charge is 2.06. The van der Waals surface area contributed by atoms with Gasteiger partial charge in [0, 0.05) is 18.8 Å². The average Bonchev–Trinajstić information content (AvgIpc) is 3.06. The number of rotatable bonds is 5. The minimum Gasteiger partial charge on any atom is -0.439 e. The quantitative estimate of drug-likeness (QED) is 0.536. The zero-order chi connectivity index (χ0) is 17.9. The molecule has 0 bridgehead atoms. The van der Waals surface area contributed by atoms with Crippen LogP contribution in [0.3, 0.4) is 0 Å². The monoisotopic (exact) mass is 345 g/mol. The van der Waals surface area contributed by atoms with Crippen molar-refractivity contribution < 1.29 is 9.15 Å². The first-order chi connectivity index (χ1) is 12.7. The van der Waals surface area contributed by atoms with Gasteiger partial charge in [-0.25, -0.2) is 4.98 Å². The predicted molar refractivity (Wildman–Crippen MR) is 102 cm³/mol. The molecule has 5 heteroatoms. The van der Waals surface area contributed by atoms with E-state index in [0.717, 1.165) is 22.4 Å². The second-order valence-electron chi connectivity index (χ2n) is 6.19. The topological polar surface area (TPSA) is 60.2 Å². The fourth-order valence-electron chi connectivity index (χ4n) is 2.64. The van der Waals surface area contributed by atoms with Crippen LogP contribution in [-0.2, 0) is 6.54 Å². The fraction of sp³-hybridized carbons (Fsp3) is 0.143. The van der Waals surface area contributed by atoms with Crippen LogP contribution < -0.4 is 10.1 Å². The molecular weight excluding hydrogens is 326 g/mol. The van der Waals surface area contributed by atoms with Gasteiger partial charge in [-0.3, -0.25) is 0 Å². The number of para-hydroxylation sites is 2. The number of pyridine rings is 1. The summed E-state index contributed by atoms with van der Waals surface area (Å²) in [4.78, 5) is 8.70. The molecule has 0 amide bonds. The van der Waals surface area contributed by atoms with Crippen LogP contribution in [0.5, 0.6) is 11.6 Å². The summed E-state index contributed by atoms with van der Waals surface area (Å²) in [5, 5.41) is 3.20. The van der Waals surface area contributed by atoms with Crippen molar-refractivity contribution in [3.8, 4) is 11.6 Å². The van der Waals surface area contributed by atoms with E-state index in [-0.39, 0.29) is 0 Å². The first kappa shape index (κ1) is 16.1. The van der Waals surface area contributed by atoms with Crippen molar-refractivity contribution in [2.75, 3.05) is 5.32 Å². The summed E-state index contributed by atoms with van der Waals surface area (Å²) in [5.41, 5.74) is 5.06. The molecule has 0 aliphatic heterocycles. The zero-order valence-electron chi connectivity index (χ0n) is 14.7. The van der Waals surface area contributed by atoms with Gasteiger partial charge in [0.15, 0.2) is 5.58 Å². The van der Waals surface area contributed by atoms with E-state index >= 15 is 0 Å². The third-order valence-corrected chi connectivity index (χ3v) is 4.24. The Hall–Kier alpha value is -3.34. The van der Waals surface area contributed by atoms with Crippen molar-refractivity contribution in [3.05, 3.63) is 77.5 Å². The fourth-order valence-corrected chi connectivity index (χ4v) is 2.64. The summed E-state index contributed by atoms with van der Waals surface area (Å²) >= 11 is 0. The number of hydrogen-bond acceptors (Lipinski definition) is 5. The van der Waals surface area contributed by atoms with E-state index in [1.54, 1.807) is 6.20 Å². The van der Waals surface area contributed by atoms with Crippen LogP contribution in [0.1, 0.15) is 16.7 Å². The minimum absolute atomic E-state index is 0.500. The smallest absolute Gasteiger partial charge is 0.295 e. The van der Waals surface area contributed by atoms with Gasteiger partial charge >= 0.3 is 0 Å². The average molecular weight is 345 g/mol. The molecule has 0 saturated heterocycles. The molecule has 2 aromatic carbocycles. The van der Waals surface area contributed by atoms with E-state index in [4.69, 9.17) is 9.15 Å². The second kappa shape index (κ2) is 6.88. The Labute approximate surface area is 151 Å². The lowest BCUT2D eigenvalue weighted by atomic mass is 10.1. The van der Waals surface area contributed by atoms with Crippen molar-refractivity contribution in [2.24, 2.45) is 0 Å². The Balaban J connectivity index is 1.45. The molecule has 0 aliphatic rings. The Morgan fingerprint density at radius 3 is 2.73 bits per heavy atom. The summed E-state index contributed by atoms with van der Waals surface area (Å²) < 4.78 is 11.5. The third kappa shape index (κ3) is 3.52. The Morgan fingerprint density at radius 1 is 1.00 bits per heavy atom. The van der Waals surface area contributed by atoms with Crippen LogP contribution in [0, 0.1) is 13.8 Å². The van der Waals surface area contributed by atoms with Crippen molar-refractivity contribution in [1.29, 1.82) is 0 Å². The second-order valence-corrected chi connectivity index (χ2v) is 6.19. The van der Waals surface area contributed by atoms with Gasteiger partial charge in [0.05, 0.1) is 0 Å². The van der Waals surface area contributed by atoms with E-state index in [2.05, 4.69) is 29.1 Å². The van der Waals surface area contributed by atoms with Crippen LogP contribution >= 0.6 is 0 Å². The molecule has 0 saturated carbocycles. The number of anilines is 1. The molecule has 130 valence electrons. The number of oxazole rings is 1. The van der Waals surface area contributed by atoms with Crippen molar-refractivity contribution in [3.63, 3.8) is 0 Å². The Bertz CT molecular complexity index is 1020. The van der Waals surface area contributed by atoms with Crippen LogP contribution in [0.2, 0.25) is 0 Å². The SMILES string of the molecule is Cc1ccc(Oc2cc(CNc3nc4ccccc4o3)ccn2)cc1C. The van der Waals surface area contributed by atoms with Gasteiger partial charge in [-0.15, -0.1) is 0 Å². The molecule has 26 heavy (non-hydrogen) atoms. The molecule has 0 unspecified atom stereocenters. The summed E-state index contributed by atoms with van der Waals surface area (Å²) in [7, 11) is 0. The molecule has 4 rings (SSSR count). The van der Waals surface area contributed by atoms with E-state index in [9.17, 15) is 0 Å². The first-order valence-corrected chi connectivity index (χ1v) is 8.47. The Kier molecular flexibility index (Phi) is 4.27. The number of aromatic nitrogens is 2. The number of fused-ring (bicyclic) bond motifs is 1. The minimum atomic E-state index is 0.500. The van der Waals surface area contributed by atoms with Gasteiger partial charge in [-0.2, -0.15) is 4.98 Å². The molecular formula is C21H19N3O2. The molecule has 0 radical (unpaired) electrons. The van der Waals surface area contributed by atoms with Gasteiger partial charge in [-0.1, -0.05) is 18.2 Å². The normalized spacial score (nSPS) is 10.8. The van der Waals surface area contributed by atoms with E-state index in [1.165, 1.54) is 11.1 Å². The van der Waals surface area contributed by atoms with E-state index in [0.29, 0.717) is 18.4 Å². The van der Waals surface area contributed by atoms with Gasteiger partial charge in [0.2, 0.25) is 5.88 Å². The number of benzene rings is 2. The highest BCUT2D eigenvalue weighted by molar-refractivity contribution is 5.74. The van der Waals surface area contributed by atoms with E-state index in [1.807, 2.05) is 54.6 Å². The molecule has 1 N–H and O–H groups in total. The molecule has 2 aromatic heterocycles. The number of aryl methyl sites for hydroxylation is 2. The van der Waals surface area contributed by atoms with Gasteiger partial charge in [0.1, 0.15) is 11.3 Å². The zero-order valence-corrected chi connectivity index (χ0v) is 14.7. The lowest BCUT2D eigenvalue weighted by molar-refractivity contribution is 0.461. The molecule has 0 atom stereocenters. The number of nitrogens with one attached hydrogen (secondary N) is 1. The Morgan fingerprint density at radius 2 is 1.88 bits per heavy atom. The third-order valence-electron chi connectivity index (χ3n) is 4.24. The maximum atomic E-state index is 5.88. The van der Waals surface area contributed by atoms with Crippen molar-refractivity contribution >= 4 is 17.1 Å². The number of ether oxygens (including phenoxy) is 1. The van der Waals surface area contributed by atoms with Crippen molar-refractivity contribution in [1.82, 2.24) is 9.97 Å². The molecule has 0 aliphatic carbocycles. The highest BCUT2D eigenvalue weighted by atomic mass is 16.5. The summed E-state index contributed by atoms with van der Waals surface area (Å²) in [6.45, 7) is 4.71. The maximum absolute atomic E-state index is 5.88. The summed E-state index contributed by atoms with van der Waals surface area (Å²) in [6, 6.07) is 18.0. The number of nitrogens with zero attached hydrogens (tertiary/aromatic N) is 2. The summed E-state index contributed by atoms with van der Waals surface area (Å²) in [5.74, 6) is 1.34. The van der Waals surface area contributed by atoms with Crippen LogP contribution in [-0.4, -0.2) is 9.97 Å². The molecule has 2 heterocycles. The summed E-state index contributed by atoms with van der Waals surface area (Å²) in [6.07, 6.45) is 1.74. The van der Waals surface area contributed by atoms with E-state index < -0.39 is 0 Å². The largest absolute Gasteiger partial charge is 0.439 e. The maximum Gasteiger partial charge on any atom is 0.295 e. The highest BCUT2D eigenvalue weighted by Crippen LogP contribution is 2.23. The lowest BCUT2D eigenvalue weighted by Crippen LogP contribution is -2.00. The lowest BCUT2D eigenvalue weighted by Gasteiger charge is -2.08. The molecule has 4 aromatic rings.